The first-order valence-corrected chi connectivity index (χ1v) is 4.21. The molecule has 0 amide bonds. The van der Waals surface area contributed by atoms with Crippen molar-refractivity contribution in [2.45, 2.75) is 44.5 Å². The molecular weight excluding hydrogens is 179 g/mol. The molecule has 0 aliphatic carbocycles. The average Bonchev–Trinajstić information content (AvgIpc) is 2.47. The van der Waals surface area contributed by atoms with Gasteiger partial charge in [-0.2, -0.15) is 0 Å². The van der Waals surface area contributed by atoms with Crippen molar-refractivity contribution in [1.29, 1.82) is 0 Å². The maximum atomic E-state index is 13.2. The molecule has 2 aliphatic heterocycles. The molecule has 2 rings (SSSR count). The smallest absolute Gasteiger partial charge is 0.230 e. The molecule has 0 unspecified atom stereocenters. The van der Waals surface area contributed by atoms with Crippen molar-refractivity contribution in [2.75, 3.05) is 7.11 Å². The molecule has 0 aromatic rings. The van der Waals surface area contributed by atoms with E-state index in [2.05, 4.69) is 0 Å². The summed E-state index contributed by atoms with van der Waals surface area (Å²) in [6.07, 6.45) is -3.26. The minimum atomic E-state index is -1.46. The Morgan fingerprint density at radius 1 is 1.23 bits per heavy atom. The normalized spacial score (nSPS) is 48.0. The van der Waals surface area contributed by atoms with Gasteiger partial charge in [-0.1, -0.05) is 0 Å². The Labute approximate surface area is 75.9 Å². The van der Waals surface area contributed by atoms with Crippen molar-refractivity contribution in [1.82, 2.24) is 0 Å². The highest BCUT2D eigenvalue weighted by molar-refractivity contribution is 4.90. The number of rotatable bonds is 1. The highest BCUT2D eigenvalue weighted by Gasteiger charge is 2.56. The number of fused-ring (bicyclic) bond motifs is 1. The van der Waals surface area contributed by atoms with Crippen LogP contribution in [0.4, 0.5) is 4.39 Å². The summed E-state index contributed by atoms with van der Waals surface area (Å²) in [5, 5.41) is 0. The van der Waals surface area contributed by atoms with E-state index in [1.54, 1.807) is 13.8 Å². The lowest BCUT2D eigenvalue weighted by molar-refractivity contribution is -0.244. The number of hydrogen-bond donors (Lipinski definition) is 0. The van der Waals surface area contributed by atoms with E-state index in [1.165, 1.54) is 7.11 Å². The van der Waals surface area contributed by atoms with Gasteiger partial charge in [-0.3, -0.25) is 0 Å². The van der Waals surface area contributed by atoms with Crippen molar-refractivity contribution < 1.29 is 23.3 Å². The van der Waals surface area contributed by atoms with Gasteiger partial charge in [-0.05, 0) is 13.8 Å². The molecule has 5 heteroatoms. The van der Waals surface area contributed by atoms with Gasteiger partial charge in [0.05, 0.1) is 0 Å². The third-order valence-electron chi connectivity index (χ3n) is 2.19. The summed E-state index contributed by atoms with van der Waals surface area (Å²) < 4.78 is 33.7. The van der Waals surface area contributed by atoms with E-state index in [1.807, 2.05) is 0 Å². The molecule has 2 fully saturated rings. The van der Waals surface area contributed by atoms with E-state index in [-0.39, 0.29) is 0 Å². The molecule has 0 spiro atoms. The summed E-state index contributed by atoms with van der Waals surface area (Å²) in [5.41, 5.74) is 0. The van der Waals surface area contributed by atoms with E-state index >= 15 is 0 Å². The van der Waals surface area contributed by atoms with Crippen molar-refractivity contribution >= 4 is 0 Å². The van der Waals surface area contributed by atoms with Crippen LogP contribution in [0.15, 0.2) is 0 Å². The maximum absolute atomic E-state index is 13.2. The van der Waals surface area contributed by atoms with Gasteiger partial charge in [-0.25, -0.2) is 4.39 Å². The Kier molecular flexibility index (Phi) is 2.07. The van der Waals surface area contributed by atoms with Crippen LogP contribution in [0, 0.1) is 0 Å². The van der Waals surface area contributed by atoms with Crippen molar-refractivity contribution in [3.8, 4) is 0 Å². The van der Waals surface area contributed by atoms with Crippen LogP contribution in [0.5, 0.6) is 0 Å². The number of halogens is 1. The second kappa shape index (κ2) is 2.88. The van der Waals surface area contributed by atoms with Gasteiger partial charge in [0.1, 0.15) is 12.2 Å². The first kappa shape index (κ1) is 9.33. The summed E-state index contributed by atoms with van der Waals surface area (Å²) in [4.78, 5) is 0. The van der Waals surface area contributed by atoms with E-state index in [4.69, 9.17) is 18.9 Å². The second-order valence-electron chi connectivity index (χ2n) is 3.66. The molecule has 0 bridgehead atoms. The highest BCUT2D eigenvalue weighted by Crippen LogP contribution is 2.39. The zero-order chi connectivity index (χ0) is 9.64. The predicted molar refractivity (Wildman–Crippen MR) is 40.6 cm³/mol. The van der Waals surface area contributed by atoms with Crippen LogP contribution < -0.4 is 0 Å². The molecule has 0 aromatic carbocycles. The quantitative estimate of drug-likeness (QED) is 0.616. The van der Waals surface area contributed by atoms with Crippen molar-refractivity contribution in [2.24, 2.45) is 0 Å². The number of hydrogen-bond acceptors (Lipinski definition) is 4. The molecule has 2 aliphatic rings. The average molecular weight is 192 g/mol. The number of ether oxygens (including phenoxy) is 4. The molecular formula is C8H13FO4. The van der Waals surface area contributed by atoms with Gasteiger partial charge in [-0.15, -0.1) is 0 Å². The third-order valence-corrected chi connectivity index (χ3v) is 2.19. The predicted octanol–water partition coefficient (Wildman–Crippen LogP) is 0.805. The molecule has 4 nitrogen and oxygen atoms in total. The summed E-state index contributed by atoms with van der Waals surface area (Å²) in [5.74, 6) is -0.750. The Morgan fingerprint density at radius 2 is 1.85 bits per heavy atom. The van der Waals surface area contributed by atoms with Gasteiger partial charge in [0.2, 0.25) is 6.36 Å². The molecule has 76 valence electrons. The second-order valence-corrected chi connectivity index (χ2v) is 3.66. The minimum absolute atomic E-state index is 0.463. The summed E-state index contributed by atoms with van der Waals surface area (Å²) in [6, 6.07) is 0. The van der Waals surface area contributed by atoms with Gasteiger partial charge in [0.15, 0.2) is 12.1 Å². The van der Waals surface area contributed by atoms with Gasteiger partial charge in [0.25, 0.3) is 0 Å². The lowest BCUT2D eigenvalue weighted by Gasteiger charge is -2.21. The van der Waals surface area contributed by atoms with Crippen LogP contribution in [-0.2, 0) is 18.9 Å². The van der Waals surface area contributed by atoms with E-state index in [9.17, 15) is 4.39 Å². The molecule has 2 saturated heterocycles. The standard InChI is InChI=1S/C8H13FO4/c1-8(2)12-4-5(13-8)7(10-3)11-6(4)9/h4-7H,1-3H3/t4-,5+,6+,7+/m0/s1. The van der Waals surface area contributed by atoms with Crippen LogP contribution in [0.1, 0.15) is 13.8 Å². The van der Waals surface area contributed by atoms with Crippen molar-refractivity contribution in [3.05, 3.63) is 0 Å². The molecule has 13 heavy (non-hydrogen) atoms. The largest absolute Gasteiger partial charge is 0.353 e. The Hall–Kier alpha value is -0.230. The molecule has 0 radical (unpaired) electrons. The van der Waals surface area contributed by atoms with Crippen LogP contribution in [-0.4, -0.2) is 37.8 Å². The maximum Gasteiger partial charge on any atom is 0.230 e. The first-order chi connectivity index (χ1) is 6.03. The van der Waals surface area contributed by atoms with E-state index in [0.29, 0.717) is 0 Å². The molecule has 2 heterocycles. The number of methoxy groups -OCH3 is 1. The van der Waals surface area contributed by atoms with Crippen LogP contribution >= 0.6 is 0 Å². The summed E-state index contributed by atoms with van der Waals surface area (Å²) in [7, 11) is 1.45. The van der Waals surface area contributed by atoms with Gasteiger partial charge >= 0.3 is 0 Å². The minimum Gasteiger partial charge on any atom is -0.353 e. The Bertz CT molecular complexity index is 208. The molecule has 4 atom stereocenters. The zero-order valence-corrected chi connectivity index (χ0v) is 7.82. The van der Waals surface area contributed by atoms with E-state index < -0.39 is 30.6 Å². The third kappa shape index (κ3) is 1.46. The zero-order valence-electron chi connectivity index (χ0n) is 7.82. The van der Waals surface area contributed by atoms with Gasteiger partial charge < -0.3 is 18.9 Å². The monoisotopic (exact) mass is 192 g/mol. The van der Waals surface area contributed by atoms with Crippen LogP contribution in [0.2, 0.25) is 0 Å². The van der Waals surface area contributed by atoms with Crippen molar-refractivity contribution in [3.63, 3.8) is 0 Å². The fourth-order valence-corrected chi connectivity index (χ4v) is 1.70. The van der Waals surface area contributed by atoms with Crippen LogP contribution in [0.25, 0.3) is 0 Å². The summed E-state index contributed by atoms with van der Waals surface area (Å²) >= 11 is 0. The first-order valence-electron chi connectivity index (χ1n) is 4.21. The lowest BCUT2D eigenvalue weighted by Crippen LogP contribution is -2.30. The highest BCUT2D eigenvalue weighted by atomic mass is 19.1. The summed E-state index contributed by atoms with van der Waals surface area (Å²) in [6.45, 7) is 3.48. The number of alkyl halides is 1. The lowest BCUT2D eigenvalue weighted by atomic mass is 10.2. The fraction of sp³-hybridized carbons (Fsp3) is 1.00. The molecule has 0 saturated carbocycles. The Balaban J connectivity index is 2.12. The van der Waals surface area contributed by atoms with Gasteiger partial charge in [0, 0.05) is 7.11 Å². The Morgan fingerprint density at radius 3 is 2.46 bits per heavy atom. The molecule has 0 aromatic heterocycles. The van der Waals surface area contributed by atoms with Crippen LogP contribution in [0.3, 0.4) is 0 Å². The SMILES string of the molecule is CO[C@@H]1O[C@@H](F)[C@H]2OC(C)(C)O[C@@H]12. The topological polar surface area (TPSA) is 36.9 Å². The fourth-order valence-electron chi connectivity index (χ4n) is 1.70. The molecule has 0 N–H and O–H groups in total. The van der Waals surface area contributed by atoms with E-state index in [0.717, 1.165) is 0 Å².